The van der Waals surface area contributed by atoms with Crippen molar-refractivity contribution in [1.82, 2.24) is 4.98 Å². The van der Waals surface area contributed by atoms with Crippen LogP contribution in [0, 0.1) is 10.1 Å². The van der Waals surface area contributed by atoms with E-state index in [2.05, 4.69) is 17.2 Å². The summed E-state index contributed by atoms with van der Waals surface area (Å²) < 4.78 is 0. The number of nitrogens with one attached hydrogen (secondary N) is 1. The van der Waals surface area contributed by atoms with Gasteiger partial charge in [-0.1, -0.05) is 13.3 Å². The van der Waals surface area contributed by atoms with Gasteiger partial charge in [0.15, 0.2) is 6.20 Å². The fourth-order valence-corrected chi connectivity index (χ4v) is 1.41. The van der Waals surface area contributed by atoms with Gasteiger partial charge >= 0.3 is 5.82 Å². The van der Waals surface area contributed by atoms with Gasteiger partial charge in [0.05, 0.1) is 5.69 Å². The van der Waals surface area contributed by atoms with Gasteiger partial charge in [0.25, 0.3) is 0 Å². The van der Waals surface area contributed by atoms with E-state index in [1.165, 1.54) is 12.3 Å². The Morgan fingerprint density at radius 2 is 2.38 bits per heavy atom. The third-order valence-corrected chi connectivity index (χ3v) is 2.23. The fraction of sp³-hybridized carbons (Fsp3) is 0.500. The summed E-state index contributed by atoms with van der Waals surface area (Å²) in [6.07, 6.45) is 3.46. The molecule has 0 spiro atoms. The van der Waals surface area contributed by atoms with E-state index in [0.29, 0.717) is 6.54 Å². The van der Waals surface area contributed by atoms with E-state index in [1.807, 2.05) is 0 Å². The van der Waals surface area contributed by atoms with Crippen LogP contribution in [0.4, 0.5) is 11.5 Å². The van der Waals surface area contributed by atoms with Gasteiger partial charge in [-0.2, -0.15) is 0 Å². The van der Waals surface area contributed by atoms with Crippen LogP contribution in [0.5, 0.6) is 0 Å². The van der Waals surface area contributed by atoms with Crippen molar-refractivity contribution in [3.63, 3.8) is 0 Å². The van der Waals surface area contributed by atoms with Crippen molar-refractivity contribution in [3.05, 3.63) is 28.4 Å². The van der Waals surface area contributed by atoms with Crippen molar-refractivity contribution in [2.24, 2.45) is 5.73 Å². The van der Waals surface area contributed by atoms with Crippen molar-refractivity contribution in [2.75, 3.05) is 11.9 Å². The fourth-order valence-electron chi connectivity index (χ4n) is 1.41. The van der Waals surface area contributed by atoms with E-state index in [4.69, 9.17) is 5.73 Å². The average Bonchev–Trinajstić information content (AvgIpc) is 2.29. The lowest BCUT2D eigenvalue weighted by molar-refractivity contribution is -0.389. The predicted octanol–water partition coefficient (Wildman–Crippen LogP) is 1.53. The van der Waals surface area contributed by atoms with Crippen LogP contribution in [0.2, 0.25) is 0 Å². The lowest BCUT2D eigenvalue weighted by Gasteiger charge is -2.15. The van der Waals surface area contributed by atoms with Gasteiger partial charge < -0.3 is 21.2 Å². The molecule has 0 aliphatic heterocycles. The standard InChI is InChI=1S/C10H16N4O2/c1-2-3-8(6-11)13-9-4-5-10(12-7-9)14(15)16/h4-5,7-8,13H,2-3,6,11H2,1H3. The molecule has 6 heteroatoms. The highest BCUT2D eigenvalue weighted by molar-refractivity contribution is 5.44. The van der Waals surface area contributed by atoms with Crippen LogP contribution in [0.25, 0.3) is 0 Å². The zero-order valence-electron chi connectivity index (χ0n) is 9.22. The van der Waals surface area contributed by atoms with Crippen LogP contribution in [-0.4, -0.2) is 22.5 Å². The van der Waals surface area contributed by atoms with Crippen molar-refractivity contribution >= 4 is 11.5 Å². The SMILES string of the molecule is CCCC(CN)Nc1ccc([N+](=O)[O-])nc1. The molecule has 0 amide bonds. The molecular formula is C10H16N4O2. The smallest absolute Gasteiger partial charge is 0.363 e. The Labute approximate surface area is 94.0 Å². The molecule has 1 heterocycles. The quantitative estimate of drug-likeness (QED) is 0.564. The van der Waals surface area contributed by atoms with Crippen molar-refractivity contribution in [3.8, 4) is 0 Å². The first-order valence-corrected chi connectivity index (χ1v) is 5.24. The zero-order chi connectivity index (χ0) is 12.0. The summed E-state index contributed by atoms with van der Waals surface area (Å²) in [6.45, 7) is 2.61. The highest BCUT2D eigenvalue weighted by Crippen LogP contribution is 2.13. The van der Waals surface area contributed by atoms with Gasteiger partial charge in [-0.15, -0.1) is 0 Å². The number of nitrogens with zero attached hydrogens (tertiary/aromatic N) is 2. The summed E-state index contributed by atoms with van der Waals surface area (Å²) in [7, 11) is 0. The number of nitro groups is 1. The monoisotopic (exact) mass is 224 g/mol. The van der Waals surface area contributed by atoms with E-state index in [0.717, 1.165) is 18.5 Å². The third kappa shape index (κ3) is 3.47. The maximum Gasteiger partial charge on any atom is 0.363 e. The number of rotatable bonds is 6. The molecule has 1 atom stereocenters. The van der Waals surface area contributed by atoms with Crippen LogP contribution in [0.15, 0.2) is 18.3 Å². The van der Waals surface area contributed by atoms with Crippen molar-refractivity contribution < 1.29 is 4.92 Å². The minimum absolute atomic E-state index is 0.148. The lowest BCUT2D eigenvalue weighted by atomic mass is 10.1. The molecule has 1 aromatic heterocycles. The summed E-state index contributed by atoms with van der Waals surface area (Å²) in [5.41, 5.74) is 6.35. The van der Waals surface area contributed by atoms with Gasteiger partial charge in [0.1, 0.15) is 0 Å². The molecule has 0 aromatic carbocycles. The number of pyridine rings is 1. The number of aromatic nitrogens is 1. The van der Waals surface area contributed by atoms with E-state index in [-0.39, 0.29) is 11.9 Å². The Hall–Kier alpha value is -1.69. The molecule has 0 radical (unpaired) electrons. The number of anilines is 1. The largest absolute Gasteiger partial charge is 0.378 e. The van der Waals surface area contributed by atoms with E-state index in [9.17, 15) is 10.1 Å². The Balaban J connectivity index is 2.63. The highest BCUT2D eigenvalue weighted by Gasteiger charge is 2.09. The number of nitrogens with two attached hydrogens (primary N) is 1. The Kier molecular flexibility index (Phi) is 4.65. The summed E-state index contributed by atoms with van der Waals surface area (Å²) >= 11 is 0. The van der Waals surface area contributed by atoms with Crippen molar-refractivity contribution in [2.45, 2.75) is 25.8 Å². The van der Waals surface area contributed by atoms with Crippen LogP contribution in [0.1, 0.15) is 19.8 Å². The van der Waals surface area contributed by atoms with Crippen molar-refractivity contribution in [1.29, 1.82) is 0 Å². The summed E-state index contributed by atoms with van der Waals surface area (Å²) in [5.74, 6) is -0.148. The Morgan fingerprint density at radius 1 is 1.62 bits per heavy atom. The molecule has 3 N–H and O–H groups in total. The molecule has 16 heavy (non-hydrogen) atoms. The molecule has 0 aliphatic rings. The van der Waals surface area contributed by atoms with Gasteiger partial charge in [-0.25, -0.2) is 0 Å². The Bertz CT molecular complexity index is 339. The minimum atomic E-state index is -0.518. The normalized spacial score (nSPS) is 12.1. The van der Waals surface area contributed by atoms with Crippen LogP contribution >= 0.6 is 0 Å². The molecule has 88 valence electrons. The first-order chi connectivity index (χ1) is 7.67. The molecule has 6 nitrogen and oxygen atoms in total. The predicted molar refractivity (Wildman–Crippen MR) is 62.3 cm³/mol. The lowest BCUT2D eigenvalue weighted by Crippen LogP contribution is -2.28. The molecule has 0 fully saturated rings. The van der Waals surface area contributed by atoms with Gasteiger partial charge in [-0.3, -0.25) is 0 Å². The topological polar surface area (TPSA) is 94.1 Å². The highest BCUT2D eigenvalue weighted by atomic mass is 16.6. The third-order valence-electron chi connectivity index (χ3n) is 2.23. The second-order valence-electron chi connectivity index (χ2n) is 3.53. The number of hydrogen-bond donors (Lipinski definition) is 2. The van der Waals surface area contributed by atoms with Gasteiger partial charge in [0.2, 0.25) is 0 Å². The first kappa shape index (κ1) is 12.4. The van der Waals surface area contributed by atoms with E-state index >= 15 is 0 Å². The minimum Gasteiger partial charge on any atom is -0.378 e. The molecule has 0 saturated carbocycles. The van der Waals surface area contributed by atoms with Crippen LogP contribution in [-0.2, 0) is 0 Å². The molecular weight excluding hydrogens is 208 g/mol. The molecule has 0 aliphatic carbocycles. The molecule has 1 aromatic rings. The van der Waals surface area contributed by atoms with Crippen LogP contribution in [0.3, 0.4) is 0 Å². The van der Waals surface area contributed by atoms with E-state index < -0.39 is 4.92 Å². The van der Waals surface area contributed by atoms with Crippen LogP contribution < -0.4 is 11.1 Å². The zero-order valence-corrected chi connectivity index (χ0v) is 9.22. The molecule has 0 bridgehead atoms. The number of hydrogen-bond acceptors (Lipinski definition) is 5. The summed E-state index contributed by atoms with van der Waals surface area (Å²) in [6, 6.07) is 3.21. The Morgan fingerprint density at radius 3 is 2.81 bits per heavy atom. The maximum atomic E-state index is 10.4. The maximum absolute atomic E-state index is 10.4. The average molecular weight is 224 g/mol. The summed E-state index contributed by atoms with van der Waals surface area (Å²) in [4.78, 5) is 13.6. The second kappa shape index (κ2) is 6.02. The summed E-state index contributed by atoms with van der Waals surface area (Å²) in [5, 5.41) is 13.6. The van der Waals surface area contributed by atoms with E-state index in [1.54, 1.807) is 6.07 Å². The van der Waals surface area contributed by atoms with Gasteiger partial charge in [0, 0.05) is 18.7 Å². The molecule has 0 saturated heterocycles. The molecule has 1 unspecified atom stereocenters. The van der Waals surface area contributed by atoms with Gasteiger partial charge in [-0.05, 0) is 22.4 Å². The second-order valence-corrected chi connectivity index (χ2v) is 3.53. The molecule has 1 rings (SSSR count). The first-order valence-electron chi connectivity index (χ1n) is 5.24.